The van der Waals surface area contributed by atoms with E-state index in [1.807, 2.05) is 24.3 Å². The van der Waals surface area contributed by atoms with Crippen LogP contribution in [0.5, 0.6) is 0 Å². The number of anilines is 1. The van der Waals surface area contributed by atoms with Crippen LogP contribution < -0.4 is 5.32 Å². The van der Waals surface area contributed by atoms with Gasteiger partial charge in [0, 0.05) is 18.7 Å². The molecular formula is C13H16N2O2. The molecule has 0 saturated carbocycles. The summed E-state index contributed by atoms with van der Waals surface area (Å²) in [5.74, 6) is 0.195. The maximum atomic E-state index is 10.6. The molecular weight excluding hydrogens is 216 g/mol. The van der Waals surface area contributed by atoms with Crippen LogP contribution in [-0.4, -0.2) is 23.5 Å². The molecule has 90 valence electrons. The van der Waals surface area contributed by atoms with Gasteiger partial charge in [0.15, 0.2) is 0 Å². The number of carboxylic acid groups (broad SMARTS) is 1. The van der Waals surface area contributed by atoms with Gasteiger partial charge in [-0.2, -0.15) is 0 Å². The van der Waals surface area contributed by atoms with Gasteiger partial charge in [-0.15, -0.1) is 0 Å². The Kier molecular flexibility index (Phi) is 3.75. The quantitative estimate of drug-likeness (QED) is 0.840. The second kappa shape index (κ2) is 5.48. The summed E-state index contributed by atoms with van der Waals surface area (Å²) in [6.07, 6.45) is 3.36. The van der Waals surface area contributed by atoms with Gasteiger partial charge in [0.1, 0.15) is 5.84 Å². The molecule has 0 spiro atoms. The minimum absolute atomic E-state index is 0.0575. The zero-order valence-corrected chi connectivity index (χ0v) is 9.65. The van der Waals surface area contributed by atoms with Crippen LogP contribution in [0.15, 0.2) is 29.3 Å². The van der Waals surface area contributed by atoms with E-state index >= 15 is 0 Å². The Hall–Kier alpha value is -1.84. The van der Waals surface area contributed by atoms with Crippen molar-refractivity contribution < 1.29 is 9.90 Å². The van der Waals surface area contributed by atoms with Crippen LogP contribution in [0.1, 0.15) is 24.8 Å². The van der Waals surface area contributed by atoms with Gasteiger partial charge < -0.3 is 10.4 Å². The topological polar surface area (TPSA) is 61.7 Å². The monoisotopic (exact) mass is 232 g/mol. The Morgan fingerprint density at radius 2 is 2.29 bits per heavy atom. The highest BCUT2D eigenvalue weighted by molar-refractivity contribution is 5.95. The Balaban J connectivity index is 2.05. The van der Waals surface area contributed by atoms with Crippen molar-refractivity contribution in [3.63, 3.8) is 0 Å². The maximum Gasteiger partial charge on any atom is 0.307 e. The third-order valence-electron chi connectivity index (χ3n) is 2.70. The van der Waals surface area contributed by atoms with Crippen LogP contribution >= 0.6 is 0 Å². The lowest BCUT2D eigenvalue weighted by atomic mass is 10.1. The Labute approximate surface area is 100 Å². The van der Waals surface area contributed by atoms with Gasteiger partial charge in [0.05, 0.1) is 6.42 Å². The van der Waals surface area contributed by atoms with Crippen LogP contribution in [-0.2, 0) is 11.2 Å². The predicted molar refractivity (Wildman–Crippen MR) is 67.6 cm³/mol. The molecule has 0 aliphatic carbocycles. The standard InChI is InChI=1S/C13H16N2O2/c16-13(17)9-10-4-3-5-11(8-10)15-12-6-1-2-7-14-12/h3-5,8H,1-2,6-7,9H2,(H,14,15)(H,16,17). The minimum atomic E-state index is -0.808. The predicted octanol–water partition coefficient (Wildman–Crippen LogP) is 2.31. The van der Waals surface area contributed by atoms with E-state index < -0.39 is 5.97 Å². The SMILES string of the molecule is O=C(O)Cc1cccc(NC2=NCCCC2)c1. The fourth-order valence-electron chi connectivity index (χ4n) is 1.90. The lowest BCUT2D eigenvalue weighted by molar-refractivity contribution is -0.136. The van der Waals surface area contributed by atoms with Crippen LogP contribution in [0.25, 0.3) is 0 Å². The lowest BCUT2D eigenvalue weighted by Crippen LogP contribution is -2.16. The summed E-state index contributed by atoms with van der Waals surface area (Å²) >= 11 is 0. The molecule has 4 heteroatoms. The molecule has 4 nitrogen and oxygen atoms in total. The van der Waals surface area contributed by atoms with Gasteiger partial charge in [0.25, 0.3) is 0 Å². The van der Waals surface area contributed by atoms with E-state index in [4.69, 9.17) is 5.11 Å². The molecule has 2 rings (SSSR count). The van der Waals surface area contributed by atoms with E-state index in [2.05, 4.69) is 10.3 Å². The van der Waals surface area contributed by atoms with Gasteiger partial charge in [-0.3, -0.25) is 9.79 Å². The molecule has 1 aliphatic rings. The van der Waals surface area contributed by atoms with Crippen molar-refractivity contribution in [2.75, 3.05) is 11.9 Å². The lowest BCUT2D eigenvalue weighted by Gasteiger charge is -2.14. The van der Waals surface area contributed by atoms with Crippen LogP contribution in [0, 0.1) is 0 Å². The molecule has 1 aromatic carbocycles. The first-order valence-corrected chi connectivity index (χ1v) is 5.85. The molecule has 0 amide bonds. The molecule has 0 unspecified atom stereocenters. The zero-order chi connectivity index (χ0) is 12.1. The number of rotatable bonds is 3. The highest BCUT2D eigenvalue weighted by Crippen LogP contribution is 2.14. The van der Waals surface area contributed by atoms with Crippen molar-refractivity contribution in [3.05, 3.63) is 29.8 Å². The number of hydrogen-bond acceptors (Lipinski definition) is 3. The second-order valence-corrected chi connectivity index (χ2v) is 4.18. The number of carbonyl (C=O) groups is 1. The van der Waals surface area contributed by atoms with Crippen LogP contribution in [0.4, 0.5) is 5.69 Å². The highest BCUT2D eigenvalue weighted by atomic mass is 16.4. The van der Waals surface area contributed by atoms with E-state index in [0.717, 1.165) is 36.5 Å². The normalized spacial score (nSPS) is 15.2. The van der Waals surface area contributed by atoms with Gasteiger partial charge in [-0.1, -0.05) is 12.1 Å². The zero-order valence-electron chi connectivity index (χ0n) is 9.65. The molecule has 0 fully saturated rings. The molecule has 2 N–H and O–H groups in total. The molecule has 17 heavy (non-hydrogen) atoms. The summed E-state index contributed by atoms with van der Waals surface area (Å²) in [5.41, 5.74) is 1.73. The number of amidine groups is 1. The van der Waals surface area contributed by atoms with E-state index in [0.29, 0.717) is 0 Å². The third-order valence-corrected chi connectivity index (χ3v) is 2.70. The first kappa shape index (κ1) is 11.6. The van der Waals surface area contributed by atoms with E-state index in [9.17, 15) is 4.79 Å². The van der Waals surface area contributed by atoms with Crippen molar-refractivity contribution in [3.8, 4) is 0 Å². The summed E-state index contributed by atoms with van der Waals surface area (Å²) in [7, 11) is 0. The highest BCUT2D eigenvalue weighted by Gasteiger charge is 2.06. The van der Waals surface area contributed by atoms with Gasteiger partial charge in [0.2, 0.25) is 0 Å². The van der Waals surface area contributed by atoms with E-state index in [-0.39, 0.29) is 6.42 Å². The number of aliphatic carboxylic acids is 1. The van der Waals surface area contributed by atoms with Crippen LogP contribution in [0.3, 0.4) is 0 Å². The molecule has 0 atom stereocenters. The first-order chi connectivity index (χ1) is 8.24. The van der Waals surface area contributed by atoms with E-state index in [1.54, 1.807) is 0 Å². The second-order valence-electron chi connectivity index (χ2n) is 4.18. The molecule has 0 saturated heterocycles. The third kappa shape index (κ3) is 3.59. The number of hydrogen-bond donors (Lipinski definition) is 2. The molecule has 1 aliphatic heterocycles. The van der Waals surface area contributed by atoms with Crippen molar-refractivity contribution in [1.29, 1.82) is 0 Å². The average molecular weight is 232 g/mol. The van der Waals surface area contributed by atoms with Crippen LogP contribution in [0.2, 0.25) is 0 Å². The van der Waals surface area contributed by atoms with Crippen molar-refractivity contribution in [2.24, 2.45) is 4.99 Å². The Morgan fingerprint density at radius 3 is 3.00 bits per heavy atom. The fraction of sp³-hybridized carbons (Fsp3) is 0.385. The van der Waals surface area contributed by atoms with Crippen molar-refractivity contribution in [1.82, 2.24) is 0 Å². The van der Waals surface area contributed by atoms with Crippen molar-refractivity contribution >= 4 is 17.5 Å². The maximum absolute atomic E-state index is 10.6. The van der Waals surface area contributed by atoms with E-state index in [1.165, 1.54) is 6.42 Å². The molecule has 0 bridgehead atoms. The van der Waals surface area contributed by atoms with Gasteiger partial charge in [-0.25, -0.2) is 0 Å². The molecule has 1 heterocycles. The summed E-state index contributed by atoms with van der Waals surface area (Å²) in [4.78, 5) is 15.0. The summed E-state index contributed by atoms with van der Waals surface area (Å²) in [6.45, 7) is 0.886. The van der Waals surface area contributed by atoms with Gasteiger partial charge >= 0.3 is 5.97 Å². The number of nitrogens with one attached hydrogen (secondary N) is 1. The summed E-state index contributed by atoms with van der Waals surface area (Å²) < 4.78 is 0. The molecule has 0 aromatic heterocycles. The first-order valence-electron chi connectivity index (χ1n) is 5.85. The summed E-state index contributed by atoms with van der Waals surface area (Å²) in [6, 6.07) is 7.49. The molecule has 0 radical (unpaired) electrons. The largest absolute Gasteiger partial charge is 0.481 e. The Bertz CT molecular complexity index is 441. The number of aliphatic imine (C=N–C) groups is 1. The smallest absolute Gasteiger partial charge is 0.307 e. The summed E-state index contributed by atoms with van der Waals surface area (Å²) in [5, 5.41) is 12.0. The average Bonchev–Trinajstić information content (AvgIpc) is 2.30. The van der Waals surface area contributed by atoms with Gasteiger partial charge in [-0.05, 0) is 30.5 Å². The molecule has 1 aromatic rings. The number of carboxylic acids is 1. The number of nitrogens with zero attached hydrogens (tertiary/aromatic N) is 1. The minimum Gasteiger partial charge on any atom is -0.481 e. The van der Waals surface area contributed by atoms with Crippen molar-refractivity contribution in [2.45, 2.75) is 25.7 Å². The number of benzene rings is 1. The Morgan fingerprint density at radius 1 is 1.41 bits per heavy atom. The fourth-order valence-corrected chi connectivity index (χ4v) is 1.90.